The summed E-state index contributed by atoms with van der Waals surface area (Å²) in [6.45, 7) is 3.96. The number of anilines is 1. The third-order valence-electron chi connectivity index (χ3n) is 6.20. The zero-order chi connectivity index (χ0) is 22.2. The van der Waals surface area contributed by atoms with Crippen molar-refractivity contribution >= 4 is 27.5 Å². The molecule has 1 aliphatic heterocycles. The first-order valence-electron chi connectivity index (χ1n) is 10.4. The Morgan fingerprint density at radius 2 is 1.71 bits per heavy atom. The Hall–Kier alpha value is -2.06. The van der Waals surface area contributed by atoms with Crippen molar-refractivity contribution in [3.8, 4) is 0 Å². The number of benzene rings is 2. The lowest BCUT2D eigenvalue weighted by Crippen LogP contribution is -2.45. The van der Waals surface area contributed by atoms with Gasteiger partial charge in [0, 0.05) is 47.9 Å². The topological polar surface area (TPSA) is 35.6 Å². The molecule has 1 N–H and O–H groups in total. The van der Waals surface area contributed by atoms with Crippen LogP contribution in [0.4, 0.5) is 18.9 Å². The van der Waals surface area contributed by atoms with Crippen LogP contribution in [-0.4, -0.2) is 50.1 Å². The number of carbonyl (C=O) groups is 1. The van der Waals surface area contributed by atoms with Gasteiger partial charge in [-0.25, -0.2) is 0 Å². The van der Waals surface area contributed by atoms with Crippen LogP contribution in [0.5, 0.6) is 0 Å². The summed E-state index contributed by atoms with van der Waals surface area (Å²) >= 11 is 3.67. The fraction of sp³-hybridized carbons (Fsp3) is 0.435. The molecule has 0 bridgehead atoms. The van der Waals surface area contributed by atoms with Crippen LogP contribution < -0.4 is 10.2 Å². The van der Waals surface area contributed by atoms with Crippen LogP contribution in [0.25, 0.3) is 0 Å². The van der Waals surface area contributed by atoms with Gasteiger partial charge in [0.1, 0.15) is 0 Å². The van der Waals surface area contributed by atoms with Crippen LogP contribution >= 0.6 is 15.9 Å². The van der Waals surface area contributed by atoms with Crippen LogP contribution in [0, 0.1) is 0 Å². The average Bonchev–Trinajstić information content (AvgIpc) is 2.74. The van der Waals surface area contributed by atoms with E-state index in [1.807, 2.05) is 0 Å². The van der Waals surface area contributed by atoms with Crippen molar-refractivity contribution in [3.63, 3.8) is 0 Å². The number of alkyl halides is 3. The Morgan fingerprint density at radius 3 is 2.35 bits per heavy atom. The molecule has 31 heavy (non-hydrogen) atoms. The molecule has 1 fully saturated rings. The lowest BCUT2D eigenvalue weighted by molar-refractivity contribution is -0.137. The van der Waals surface area contributed by atoms with E-state index in [1.165, 1.54) is 28.9 Å². The standard InChI is InChI=1S/C23H25BrF3N3O/c1-29-10-12-30(13-11-29)21-9-8-20(24)18-7-6-17(14-19(18)21)28-22(31)15-2-4-16(5-3-15)23(25,26)27/h2-5,8-9,17H,6-7,10-14H2,1H3,(H,28,31). The molecule has 4 rings (SSSR count). The van der Waals surface area contributed by atoms with Crippen molar-refractivity contribution in [2.75, 3.05) is 38.1 Å². The molecule has 2 aromatic carbocycles. The SMILES string of the molecule is CN1CCN(c2ccc(Br)c3c2CC(NC(=O)c2ccc(C(F)(F)F)cc2)CC3)CC1. The van der Waals surface area contributed by atoms with E-state index in [-0.39, 0.29) is 17.5 Å². The molecule has 2 aliphatic rings. The highest BCUT2D eigenvalue weighted by atomic mass is 79.9. The summed E-state index contributed by atoms with van der Waals surface area (Å²) in [6.07, 6.45) is -2.06. The predicted molar refractivity (Wildman–Crippen MR) is 119 cm³/mol. The Bertz CT molecular complexity index is 954. The van der Waals surface area contributed by atoms with Crippen LogP contribution in [0.3, 0.4) is 0 Å². The molecule has 1 unspecified atom stereocenters. The minimum Gasteiger partial charge on any atom is -0.369 e. The van der Waals surface area contributed by atoms with Gasteiger partial charge in [0.25, 0.3) is 5.91 Å². The molecule has 1 heterocycles. The van der Waals surface area contributed by atoms with Crippen molar-refractivity contribution in [1.29, 1.82) is 0 Å². The molecule has 1 saturated heterocycles. The number of carbonyl (C=O) groups excluding carboxylic acids is 1. The maximum Gasteiger partial charge on any atom is 0.416 e. The van der Waals surface area contributed by atoms with Gasteiger partial charge in [0.05, 0.1) is 5.56 Å². The average molecular weight is 496 g/mol. The van der Waals surface area contributed by atoms with E-state index in [9.17, 15) is 18.0 Å². The zero-order valence-corrected chi connectivity index (χ0v) is 18.9. The van der Waals surface area contributed by atoms with E-state index in [4.69, 9.17) is 0 Å². The van der Waals surface area contributed by atoms with E-state index < -0.39 is 11.7 Å². The lowest BCUT2D eigenvalue weighted by atomic mass is 9.86. The number of piperazine rings is 1. The maximum atomic E-state index is 12.8. The van der Waals surface area contributed by atoms with Gasteiger partial charge >= 0.3 is 6.18 Å². The molecule has 2 aromatic rings. The highest BCUT2D eigenvalue weighted by Gasteiger charge is 2.31. The Kier molecular flexibility index (Phi) is 6.30. The second-order valence-corrected chi connectivity index (χ2v) is 9.16. The van der Waals surface area contributed by atoms with Gasteiger partial charge in [-0.15, -0.1) is 0 Å². The van der Waals surface area contributed by atoms with Gasteiger partial charge in [0.2, 0.25) is 0 Å². The predicted octanol–water partition coefficient (Wildman–Crippen LogP) is 4.51. The van der Waals surface area contributed by atoms with E-state index in [1.54, 1.807) is 0 Å². The van der Waals surface area contributed by atoms with E-state index in [2.05, 4.69) is 50.2 Å². The molecule has 0 aromatic heterocycles. The highest BCUT2D eigenvalue weighted by Crippen LogP contribution is 2.36. The number of nitrogens with one attached hydrogen (secondary N) is 1. The van der Waals surface area contributed by atoms with E-state index in [0.29, 0.717) is 6.42 Å². The molecular formula is C23H25BrF3N3O. The Balaban J connectivity index is 1.49. The lowest BCUT2D eigenvalue weighted by Gasteiger charge is -2.37. The molecule has 0 radical (unpaired) electrons. The molecule has 166 valence electrons. The van der Waals surface area contributed by atoms with Crippen LogP contribution in [0.15, 0.2) is 40.9 Å². The number of amides is 1. The largest absolute Gasteiger partial charge is 0.416 e. The summed E-state index contributed by atoms with van der Waals surface area (Å²) in [4.78, 5) is 17.4. The van der Waals surface area contributed by atoms with Crippen molar-refractivity contribution < 1.29 is 18.0 Å². The van der Waals surface area contributed by atoms with Crippen molar-refractivity contribution in [2.24, 2.45) is 0 Å². The first-order valence-corrected chi connectivity index (χ1v) is 11.2. The summed E-state index contributed by atoms with van der Waals surface area (Å²) in [5.74, 6) is -0.335. The van der Waals surface area contributed by atoms with Crippen LogP contribution in [0.1, 0.15) is 33.5 Å². The minimum absolute atomic E-state index is 0.0530. The molecular weight excluding hydrogens is 471 g/mol. The minimum atomic E-state index is -4.41. The van der Waals surface area contributed by atoms with Crippen molar-refractivity contribution in [3.05, 3.63) is 63.1 Å². The van der Waals surface area contributed by atoms with Crippen molar-refractivity contribution in [1.82, 2.24) is 10.2 Å². The Morgan fingerprint density at radius 1 is 1.03 bits per heavy atom. The summed E-state index contributed by atoms with van der Waals surface area (Å²) in [7, 11) is 2.13. The fourth-order valence-corrected chi connectivity index (χ4v) is 4.93. The number of nitrogens with zero attached hydrogens (tertiary/aromatic N) is 2. The normalized spacial score (nSPS) is 19.8. The third kappa shape index (κ3) is 4.90. The van der Waals surface area contributed by atoms with Gasteiger partial charge < -0.3 is 15.1 Å². The number of hydrogen-bond acceptors (Lipinski definition) is 3. The number of fused-ring (bicyclic) bond motifs is 1. The molecule has 0 saturated carbocycles. The highest BCUT2D eigenvalue weighted by molar-refractivity contribution is 9.10. The first kappa shape index (κ1) is 22.1. The zero-order valence-electron chi connectivity index (χ0n) is 17.3. The monoisotopic (exact) mass is 495 g/mol. The van der Waals surface area contributed by atoms with Crippen molar-refractivity contribution in [2.45, 2.75) is 31.5 Å². The second-order valence-electron chi connectivity index (χ2n) is 8.30. The molecule has 1 atom stereocenters. The molecule has 8 heteroatoms. The van der Waals surface area contributed by atoms with Crippen LogP contribution in [0.2, 0.25) is 0 Å². The molecule has 0 spiro atoms. The van der Waals surface area contributed by atoms with Gasteiger partial charge in [-0.1, -0.05) is 15.9 Å². The summed E-state index contributed by atoms with van der Waals surface area (Å²) in [6, 6.07) is 8.58. The van der Waals surface area contributed by atoms with Gasteiger partial charge in [-0.3, -0.25) is 4.79 Å². The summed E-state index contributed by atoms with van der Waals surface area (Å²) < 4.78 is 39.4. The Labute approximate surface area is 188 Å². The third-order valence-corrected chi connectivity index (χ3v) is 6.94. The number of rotatable bonds is 3. The first-order chi connectivity index (χ1) is 14.7. The number of hydrogen-bond donors (Lipinski definition) is 1. The van der Waals surface area contributed by atoms with Gasteiger partial charge in [-0.2, -0.15) is 13.2 Å². The number of likely N-dealkylation sites (N-methyl/N-ethyl adjacent to an activating group) is 1. The summed E-state index contributed by atoms with van der Waals surface area (Å²) in [5.41, 5.74) is 3.25. The molecule has 1 aliphatic carbocycles. The van der Waals surface area contributed by atoms with E-state index in [0.717, 1.165) is 55.6 Å². The van der Waals surface area contributed by atoms with Gasteiger partial charge in [0.15, 0.2) is 0 Å². The van der Waals surface area contributed by atoms with Crippen LogP contribution in [-0.2, 0) is 19.0 Å². The molecule has 4 nitrogen and oxygen atoms in total. The quantitative estimate of drug-likeness (QED) is 0.680. The fourth-order valence-electron chi connectivity index (χ4n) is 4.36. The van der Waals surface area contributed by atoms with E-state index >= 15 is 0 Å². The smallest absolute Gasteiger partial charge is 0.369 e. The van der Waals surface area contributed by atoms with Gasteiger partial charge in [-0.05, 0) is 73.8 Å². The second kappa shape index (κ2) is 8.82. The summed E-state index contributed by atoms with van der Waals surface area (Å²) in [5, 5.41) is 3.03. The maximum absolute atomic E-state index is 12.8. The molecule has 1 amide bonds. The number of halogens is 4.